The summed E-state index contributed by atoms with van der Waals surface area (Å²) >= 11 is 0. The van der Waals surface area contributed by atoms with Crippen molar-refractivity contribution in [3.63, 3.8) is 0 Å². The number of unbranched alkanes of at least 4 members (excludes halogenated alkanes) is 3. The first kappa shape index (κ1) is 32.3. The van der Waals surface area contributed by atoms with E-state index in [0.29, 0.717) is 36.6 Å². The van der Waals surface area contributed by atoms with Gasteiger partial charge in [0.25, 0.3) is 0 Å². The molecule has 0 radical (unpaired) electrons. The highest BCUT2D eigenvalue weighted by molar-refractivity contribution is 5.85. The van der Waals surface area contributed by atoms with Gasteiger partial charge in [0.2, 0.25) is 0 Å². The van der Waals surface area contributed by atoms with Crippen molar-refractivity contribution in [2.75, 3.05) is 40.4 Å². The normalized spacial score (nSPS) is 11.0. The third kappa shape index (κ3) is 11.2. The molecule has 0 fully saturated rings. The molecule has 0 aliphatic carbocycles. The number of rotatable bonds is 14. The molecule has 0 aliphatic rings. The predicted octanol–water partition coefficient (Wildman–Crippen LogP) is 6.17. The van der Waals surface area contributed by atoms with Gasteiger partial charge in [-0.05, 0) is 68.1 Å². The Labute approximate surface area is 213 Å². The molecule has 0 bridgehead atoms. The Morgan fingerprint density at radius 1 is 0.765 bits per heavy atom. The largest absolute Gasteiger partial charge is 0.493 e. The maximum Gasteiger partial charge on any atom is 0.416 e. The van der Waals surface area contributed by atoms with Gasteiger partial charge in [-0.3, -0.25) is 0 Å². The minimum absolute atomic E-state index is 0. The van der Waals surface area contributed by atoms with Crippen LogP contribution in [0.15, 0.2) is 42.5 Å². The standard InChI is InChI=1S/C25H35F3N2O2.2ClH/c1-31-23-11-10-21(19-24(23)32-2)13-17-30(15-6-4-3-5-14-29)16-12-20-8-7-9-22(18-20)25(26,27)28;;/h7-11,18-19H,3-6,12-17,29H2,1-2H3;2*1H. The SMILES string of the molecule is COc1ccc(CCN(CCCCCCN)CCc2cccc(C(F)(F)F)c2)cc1OC.Cl.Cl. The van der Waals surface area contributed by atoms with Crippen LogP contribution in [0.1, 0.15) is 42.4 Å². The molecule has 2 rings (SSSR count). The second-order valence-electron chi connectivity index (χ2n) is 7.93. The predicted molar refractivity (Wildman–Crippen MR) is 137 cm³/mol. The topological polar surface area (TPSA) is 47.7 Å². The Bertz CT molecular complexity index is 823. The van der Waals surface area contributed by atoms with E-state index >= 15 is 0 Å². The van der Waals surface area contributed by atoms with Crippen LogP contribution in [0, 0.1) is 0 Å². The molecule has 34 heavy (non-hydrogen) atoms. The van der Waals surface area contributed by atoms with Crippen LogP contribution in [0.25, 0.3) is 0 Å². The van der Waals surface area contributed by atoms with Crippen LogP contribution in [0.4, 0.5) is 13.2 Å². The van der Waals surface area contributed by atoms with Crippen molar-refractivity contribution >= 4 is 24.8 Å². The van der Waals surface area contributed by atoms with Gasteiger partial charge in [0.1, 0.15) is 0 Å². The monoisotopic (exact) mass is 524 g/mol. The Morgan fingerprint density at radius 3 is 1.97 bits per heavy atom. The van der Waals surface area contributed by atoms with E-state index in [-0.39, 0.29) is 24.8 Å². The molecular formula is C25H37Cl2F3N2O2. The second-order valence-corrected chi connectivity index (χ2v) is 7.93. The van der Waals surface area contributed by atoms with Gasteiger partial charge in [-0.15, -0.1) is 24.8 Å². The van der Waals surface area contributed by atoms with Gasteiger partial charge in [-0.1, -0.05) is 37.1 Å². The van der Waals surface area contributed by atoms with Crippen LogP contribution in [0.5, 0.6) is 11.5 Å². The average molecular weight is 525 g/mol. The number of ether oxygens (including phenoxy) is 2. The smallest absolute Gasteiger partial charge is 0.416 e. The fourth-order valence-corrected chi connectivity index (χ4v) is 3.68. The zero-order valence-corrected chi connectivity index (χ0v) is 21.5. The average Bonchev–Trinajstić information content (AvgIpc) is 2.79. The third-order valence-corrected chi connectivity index (χ3v) is 5.56. The quantitative estimate of drug-likeness (QED) is 0.300. The van der Waals surface area contributed by atoms with E-state index in [2.05, 4.69) is 4.90 Å². The highest BCUT2D eigenvalue weighted by Crippen LogP contribution is 2.30. The molecule has 4 nitrogen and oxygen atoms in total. The highest BCUT2D eigenvalue weighted by Gasteiger charge is 2.30. The zero-order valence-electron chi connectivity index (χ0n) is 19.9. The molecule has 0 saturated carbocycles. The van der Waals surface area contributed by atoms with Gasteiger partial charge >= 0.3 is 6.18 Å². The summed E-state index contributed by atoms with van der Waals surface area (Å²) < 4.78 is 49.8. The van der Waals surface area contributed by atoms with Crippen molar-refractivity contribution in [3.05, 3.63) is 59.2 Å². The van der Waals surface area contributed by atoms with Gasteiger partial charge in [0.05, 0.1) is 19.8 Å². The molecule has 9 heteroatoms. The fourth-order valence-electron chi connectivity index (χ4n) is 3.68. The van der Waals surface area contributed by atoms with E-state index in [0.717, 1.165) is 56.8 Å². The molecule has 194 valence electrons. The van der Waals surface area contributed by atoms with Gasteiger partial charge in [0.15, 0.2) is 11.5 Å². The Kier molecular flexibility index (Phi) is 16.0. The number of alkyl halides is 3. The highest BCUT2D eigenvalue weighted by atomic mass is 35.5. The van der Waals surface area contributed by atoms with Crippen LogP contribution >= 0.6 is 24.8 Å². The molecule has 2 N–H and O–H groups in total. The molecule has 0 aromatic heterocycles. The molecule has 2 aromatic carbocycles. The number of methoxy groups -OCH3 is 2. The molecule has 0 amide bonds. The van der Waals surface area contributed by atoms with Crippen molar-refractivity contribution in [2.45, 2.75) is 44.7 Å². The number of hydrogen-bond donors (Lipinski definition) is 1. The molecular weight excluding hydrogens is 488 g/mol. The van der Waals surface area contributed by atoms with Crippen molar-refractivity contribution in [2.24, 2.45) is 5.73 Å². The molecule has 0 saturated heterocycles. The maximum absolute atomic E-state index is 13.0. The minimum Gasteiger partial charge on any atom is -0.493 e. The third-order valence-electron chi connectivity index (χ3n) is 5.56. The number of halogens is 5. The summed E-state index contributed by atoms with van der Waals surface area (Å²) in [5.74, 6) is 1.39. The summed E-state index contributed by atoms with van der Waals surface area (Å²) in [6, 6.07) is 11.5. The molecule has 2 aromatic rings. The summed E-state index contributed by atoms with van der Waals surface area (Å²) in [5, 5.41) is 0. The van der Waals surface area contributed by atoms with E-state index in [1.807, 2.05) is 18.2 Å². The number of hydrogen-bond acceptors (Lipinski definition) is 4. The van der Waals surface area contributed by atoms with E-state index in [1.54, 1.807) is 20.3 Å². The Balaban J connectivity index is 0.00000544. The van der Waals surface area contributed by atoms with Crippen LogP contribution in [0.2, 0.25) is 0 Å². The van der Waals surface area contributed by atoms with Crippen molar-refractivity contribution in [1.29, 1.82) is 0 Å². The number of nitrogens with two attached hydrogens (primary N) is 1. The number of nitrogens with zero attached hydrogens (tertiary/aromatic N) is 1. The Morgan fingerprint density at radius 2 is 1.38 bits per heavy atom. The lowest BCUT2D eigenvalue weighted by atomic mass is 10.1. The van der Waals surface area contributed by atoms with Crippen molar-refractivity contribution in [1.82, 2.24) is 4.90 Å². The molecule has 0 unspecified atom stereocenters. The number of benzene rings is 2. The first-order valence-electron chi connectivity index (χ1n) is 11.2. The summed E-state index contributed by atoms with van der Waals surface area (Å²) in [7, 11) is 3.22. The van der Waals surface area contributed by atoms with E-state index in [1.165, 1.54) is 12.1 Å². The lowest BCUT2D eigenvalue weighted by molar-refractivity contribution is -0.137. The first-order valence-corrected chi connectivity index (χ1v) is 11.2. The van der Waals surface area contributed by atoms with E-state index in [9.17, 15) is 13.2 Å². The Hall–Kier alpha value is -1.67. The lowest BCUT2D eigenvalue weighted by Crippen LogP contribution is -2.29. The van der Waals surface area contributed by atoms with Crippen LogP contribution in [-0.4, -0.2) is 45.3 Å². The summed E-state index contributed by atoms with van der Waals surface area (Å²) in [5.41, 5.74) is 6.82. The maximum atomic E-state index is 13.0. The van der Waals surface area contributed by atoms with E-state index in [4.69, 9.17) is 15.2 Å². The van der Waals surface area contributed by atoms with Gasteiger partial charge in [0, 0.05) is 13.1 Å². The molecule has 0 aliphatic heterocycles. The summed E-state index contributed by atoms with van der Waals surface area (Å²) in [6.07, 6.45) is 1.38. The minimum atomic E-state index is -4.31. The molecule has 0 spiro atoms. The first-order chi connectivity index (χ1) is 15.4. The summed E-state index contributed by atoms with van der Waals surface area (Å²) in [6.45, 7) is 3.16. The van der Waals surface area contributed by atoms with Crippen LogP contribution in [0.3, 0.4) is 0 Å². The van der Waals surface area contributed by atoms with Crippen LogP contribution in [-0.2, 0) is 19.0 Å². The lowest BCUT2D eigenvalue weighted by Gasteiger charge is -2.23. The fraction of sp³-hybridized carbons (Fsp3) is 0.520. The van der Waals surface area contributed by atoms with Crippen LogP contribution < -0.4 is 15.2 Å². The second kappa shape index (κ2) is 16.9. The van der Waals surface area contributed by atoms with Gasteiger partial charge in [-0.25, -0.2) is 0 Å². The molecule has 0 atom stereocenters. The molecule has 0 heterocycles. The van der Waals surface area contributed by atoms with Gasteiger partial charge in [-0.2, -0.15) is 13.2 Å². The van der Waals surface area contributed by atoms with Crippen molar-refractivity contribution < 1.29 is 22.6 Å². The summed E-state index contributed by atoms with van der Waals surface area (Å²) in [4.78, 5) is 2.33. The van der Waals surface area contributed by atoms with Gasteiger partial charge < -0.3 is 20.1 Å². The van der Waals surface area contributed by atoms with E-state index < -0.39 is 11.7 Å². The van der Waals surface area contributed by atoms with Crippen molar-refractivity contribution in [3.8, 4) is 11.5 Å². The zero-order chi connectivity index (χ0) is 23.4.